The molecule has 17 nitrogen and oxygen atoms in total. The van der Waals surface area contributed by atoms with Crippen molar-refractivity contribution in [2.45, 2.75) is 49.1 Å². The number of nitrogen functional groups attached to an aromatic ring is 2. The third-order valence-electron chi connectivity index (χ3n) is 6.33. The molecule has 6 rings (SSSR count). The molecule has 204 valence electrons. The highest BCUT2D eigenvalue weighted by molar-refractivity contribution is 6.18. The minimum absolute atomic E-state index is 0.0818. The lowest BCUT2D eigenvalue weighted by Crippen LogP contribution is -2.33. The highest BCUT2D eigenvalue weighted by atomic mass is 35.5. The molecule has 4 aromatic rings. The highest BCUT2D eigenvalue weighted by Crippen LogP contribution is 2.33. The lowest BCUT2D eigenvalue weighted by molar-refractivity contribution is -0.0511. The van der Waals surface area contributed by atoms with E-state index in [1.807, 2.05) is 0 Å². The summed E-state index contributed by atoms with van der Waals surface area (Å²) in [4.78, 5) is 23.9. The first-order valence-electron chi connectivity index (χ1n) is 11.3. The summed E-state index contributed by atoms with van der Waals surface area (Å²) in [7, 11) is 0. The lowest BCUT2D eigenvalue weighted by Gasteiger charge is -2.16. The predicted octanol–water partition coefficient (Wildman–Crippen LogP) is -2.71. The van der Waals surface area contributed by atoms with E-state index in [1.165, 1.54) is 34.4 Å². The summed E-state index contributed by atoms with van der Waals surface area (Å²) in [6.45, 7) is -0.390. The van der Waals surface area contributed by atoms with Crippen LogP contribution in [-0.2, 0) is 9.47 Å². The van der Waals surface area contributed by atoms with Gasteiger partial charge in [-0.1, -0.05) is 0 Å². The SMILES string of the molecule is Nc1ncnc2c1ncn2C1OC(CCl)[C@H](O)[C@@H]1O.Nc1ncnc2c1ncn2C1OC(CO)[C@H](O)[C@@H]1O. The van der Waals surface area contributed by atoms with E-state index in [2.05, 4.69) is 29.9 Å². The molecule has 2 aliphatic heterocycles. The molecule has 0 aromatic carbocycles. The number of nitrogens with two attached hydrogens (primary N) is 2. The van der Waals surface area contributed by atoms with Gasteiger partial charge in [0.05, 0.1) is 25.1 Å². The van der Waals surface area contributed by atoms with E-state index in [4.69, 9.17) is 37.6 Å². The molecule has 2 saturated heterocycles. The minimum atomic E-state index is -1.19. The quantitative estimate of drug-likeness (QED) is 0.127. The number of aliphatic hydroxyl groups is 5. The maximum Gasteiger partial charge on any atom is 0.167 e. The van der Waals surface area contributed by atoms with Crippen LogP contribution in [0.3, 0.4) is 0 Å². The summed E-state index contributed by atoms with van der Waals surface area (Å²) < 4.78 is 13.9. The number of anilines is 2. The van der Waals surface area contributed by atoms with Crippen LogP contribution in [0.2, 0.25) is 0 Å². The van der Waals surface area contributed by atoms with Crippen LogP contribution in [0.5, 0.6) is 0 Å². The van der Waals surface area contributed by atoms with Crippen molar-refractivity contribution in [3.63, 3.8) is 0 Å². The van der Waals surface area contributed by atoms with Crippen LogP contribution in [0.1, 0.15) is 12.5 Å². The molecule has 4 aromatic heterocycles. The van der Waals surface area contributed by atoms with Crippen LogP contribution in [0.4, 0.5) is 11.6 Å². The Morgan fingerprint density at radius 2 is 1.16 bits per heavy atom. The van der Waals surface area contributed by atoms with Crippen LogP contribution in [0.15, 0.2) is 25.3 Å². The van der Waals surface area contributed by atoms with Crippen LogP contribution in [-0.4, -0.2) is 114 Å². The van der Waals surface area contributed by atoms with Crippen molar-refractivity contribution in [2.75, 3.05) is 24.0 Å². The molecule has 8 atom stereocenters. The molecule has 0 amide bonds. The molecule has 38 heavy (non-hydrogen) atoms. The Hall–Kier alpha value is -3.29. The molecule has 18 heteroatoms. The lowest BCUT2D eigenvalue weighted by atomic mass is 10.1. The second-order valence-electron chi connectivity index (χ2n) is 8.60. The predicted molar refractivity (Wildman–Crippen MR) is 129 cm³/mol. The van der Waals surface area contributed by atoms with Crippen molar-refractivity contribution in [3.05, 3.63) is 25.3 Å². The highest BCUT2D eigenvalue weighted by Gasteiger charge is 2.45. The minimum Gasteiger partial charge on any atom is -0.394 e. The normalized spacial score (nSPS) is 31.1. The molecule has 0 bridgehead atoms. The van der Waals surface area contributed by atoms with E-state index >= 15 is 0 Å². The molecule has 0 spiro atoms. The second-order valence-corrected chi connectivity index (χ2v) is 8.90. The zero-order valence-corrected chi connectivity index (χ0v) is 20.3. The Morgan fingerprint density at radius 1 is 0.711 bits per heavy atom. The molecular formula is C20H25ClN10O7. The molecular weight excluding hydrogens is 528 g/mol. The fourth-order valence-corrected chi connectivity index (χ4v) is 4.56. The summed E-state index contributed by atoms with van der Waals surface area (Å²) >= 11 is 5.67. The first-order valence-corrected chi connectivity index (χ1v) is 11.9. The summed E-state index contributed by atoms with van der Waals surface area (Å²) in [5.74, 6) is 0.541. The van der Waals surface area contributed by atoms with Gasteiger partial charge in [-0.25, -0.2) is 29.9 Å². The van der Waals surface area contributed by atoms with Gasteiger partial charge in [0.15, 0.2) is 35.4 Å². The molecule has 2 fully saturated rings. The van der Waals surface area contributed by atoms with Gasteiger partial charge < -0.3 is 46.5 Å². The van der Waals surface area contributed by atoms with Crippen molar-refractivity contribution in [1.82, 2.24) is 39.0 Å². The van der Waals surface area contributed by atoms with Gasteiger partial charge >= 0.3 is 0 Å². The molecule has 9 N–H and O–H groups in total. The Labute approximate surface area is 218 Å². The summed E-state index contributed by atoms with van der Waals surface area (Å²) in [6, 6.07) is 0. The fraction of sp³-hybridized carbons (Fsp3) is 0.500. The van der Waals surface area contributed by atoms with Crippen LogP contribution in [0.25, 0.3) is 22.3 Å². The van der Waals surface area contributed by atoms with Gasteiger partial charge in [0, 0.05) is 0 Å². The number of ether oxygens (including phenoxy) is 2. The number of hydrogen-bond donors (Lipinski definition) is 7. The zero-order valence-electron chi connectivity index (χ0n) is 19.5. The van der Waals surface area contributed by atoms with E-state index in [1.54, 1.807) is 0 Å². The average molecular weight is 553 g/mol. The largest absolute Gasteiger partial charge is 0.394 e. The van der Waals surface area contributed by atoms with E-state index in [-0.39, 0.29) is 17.5 Å². The number of fused-ring (bicyclic) bond motifs is 2. The maximum atomic E-state index is 10.0. The smallest absolute Gasteiger partial charge is 0.167 e. The van der Waals surface area contributed by atoms with Crippen molar-refractivity contribution in [1.29, 1.82) is 0 Å². The molecule has 6 heterocycles. The van der Waals surface area contributed by atoms with E-state index < -0.39 is 55.7 Å². The molecule has 0 saturated carbocycles. The van der Waals surface area contributed by atoms with Crippen molar-refractivity contribution in [3.8, 4) is 0 Å². The number of nitrogens with zero attached hydrogens (tertiary/aromatic N) is 8. The van der Waals surface area contributed by atoms with E-state index in [0.29, 0.717) is 22.3 Å². The summed E-state index contributed by atoms with van der Waals surface area (Å²) in [5.41, 5.74) is 13.0. The third kappa shape index (κ3) is 4.37. The van der Waals surface area contributed by atoms with Crippen LogP contribution >= 0.6 is 11.6 Å². The second kappa shape index (κ2) is 10.5. The number of aromatic nitrogens is 8. The molecule has 0 radical (unpaired) electrons. The number of aliphatic hydroxyl groups excluding tert-OH is 5. The van der Waals surface area contributed by atoms with Gasteiger partial charge in [0.25, 0.3) is 0 Å². The molecule has 2 aliphatic rings. The molecule has 0 aliphatic carbocycles. The van der Waals surface area contributed by atoms with E-state index in [0.717, 1.165) is 0 Å². The summed E-state index contributed by atoms with van der Waals surface area (Å²) in [5, 5.41) is 48.5. The Morgan fingerprint density at radius 3 is 1.55 bits per heavy atom. The Kier molecular flexibility index (Phi) is 7.25. The van der Waals surface area contributed by atoms with Crippen LogP contribution in [0, 0.1) is 0 Å². The van der Waals surface area contributed by atoms with Gasteiger partial charge in [-0.3, -0.25) is 9.13 Å². The zero-order chi connectivity index (χ0) is 27.1. The summed E-state index contributed by atoms with van der Waals surface area (Å²) in [6.07, 6.45) is -2.31. The molecule has 4 unspecified atom stereocenters. The van der Waals surface area contributed by atoms with Gasteiger partial charge in [-0.15, -0.1) is 11.6 Å². The first kappa shape index (κ1) is 26.3. The van der Waals surface area contributed by atoms with Gasteiger partial charge in [-0.2, -0.15) is 0 Å². The maximum absolute atomic E-state index is 10.0. The van der Waals surface area contributed by atoms with Crippen molar-refractivity contribution >= 4 is 45.6 Å². The third-order valence-corrected chi connectivity index (χ3v) is 6.63. The number of halogens is 1. The standard InChI is InChI=1S/C10H12ClN5O3.C10H13N5O4/c11-1-4-6(17)7(18)10(19-4)16-3-15-5-8(12)13-2-14-9(5)16;11-8-5-9(13-2-12-8)15(3-14-5)10-7(18)6(17)4(1-16)19-10/h2-4,6-7,10,17-18H,1H2,(H2,12,13,14);2-4,6-7,10,16-18H,1H2,(H2,11,12,13)/t2*4?,6-,7-,10?/m00/s1. The number of imidazole rings is 2. The number of alkyl halides is 1. The van der Waals surface area contributed by atoms with E-state index in [9.17, 15) is 20.4 Å². The van der Waals surface area contributed by atoms with Gasteiger partial charge in [-0.05, 0) is 0 Å². The Balaban J connectivity index is 0.000000155. The van der Waals surface area contributed by atoms with Crippen LogP contribution < -0.4 is 11.5 Å². The monoisotopic (exact) mass is 552 g/mol. The Bertz CT molecular complexity index is 1320. The topological polar surface area (TPSA) is 259 Å². The number of hydrogen-bond acceptors (Lipinski definition) is 15. The first-order chi connectivity index (χ1) is 18.3. The van der Waals surface area contributed by atoms with Crippen molar-refractivity contribution < 1.29 is 35.0 Å². The van der Waals surface area contributed by atoms with Gasteiger partial charge in [0.1, 0.15) is 60.3 Å². The van der Waals surface area contributed by atoms with Crippen molar-refractivity contribution in [2.24, 2.45) is 0 Å². The number of rotatable bonds is 4. The van der Waals surface area contributed by atoms with Gasteiger partial charge in [0.2, 0.25) is 0 Å². The fourth-order valence-electron chi connectivity index (χ4n) is 4.31. The average Bonchev–Trinajstić information content (AvgIpc) is 3.67.